The average Bonchev–Trinajstić information content (AvgIpc) is 3.42. The molecule has 11 heteroatoms. The van der Waals surface area contributed by atoms with E-state index in [9.17, 15) is 22.0 Å². The number of aromatic nitrogens is 4. The molecular formula is C23H12ClF5N4O. The van der Waals surface area contributed by atoms with Crippen LogP contribution in [0.3, 0.4) is 0 Å². The van der Waals surface area contributed by atoms with Gasteiger partial charge in [-0.05, 0) is 24.3 Å². The lowest BCUT2D eigenvalue weighted by Gasteiger charge is -2.13. The van der Waals surface area contributed by atoms with Crippen LogP contribution in [0.2, 0.25) is 5.02 Å². The first-order chi connectivity index (χ1) is 16.2. The predicted octanol–water partition coefficient (Wildman–Crippen LogP) is 6.70. The van der Waals surface area contributed by atoms with Crippen LogP contribution in [-0.4, -0.2) is 19.7 Å². The van der Waals surface area contributed by atoms with Crippen LogP contribution in [0.25, 0.3) is 34.0 Å². The van der Waals surface area contributed by atoms with Gasteiger partial charge in [-0.3, -0.25) is 0 Å². The van der Waals surface area contributed by atoms with Gasteiger partial charge in [0, 0.05) is 29.0 Å². The van der Waals surface area contributed by atoms with Crippen molar-refractivity contribution in [2.75, 3.05) is 0 Å². The summed E-state index contributed by atoms with van der Waals surface area (Å²) in [4.78, 5) is 7.88. The van der Waals surface area contributed by atoms with Crippen molar-refractivity contribution < 1.29 is 26.5 Å². The van der Waals surface area contributed by atoms with E-state index in [1.165, 1.54) is 22.9 Å². The number of benzene rings is 2. The summed E-state index contributed by atoms with van der Waals surface area (Å²) in [5, 5.41) is 4.49. The summed E-state index contributed by atoms with van der Waals surface area (Å²) in [6.45, 7) is -0.0872. The van der Waals surface area contributed by atoms with E-state index in [2.05, 4.69) is 15.1 Å². The maximum absolute atomic E-state index is 14.2. The third-order valence-corrected chi connectivity index (χ3v) is 5.31. The number of imidazole rings is 1. The Morgan fingerprint density at radius 3 is 2.44 bits per heavy atom. The van der Waals surface area contributed by atoms with Crippen molar-refractivity contribution in [3.05, 3.63) is 88.9 Å². The van der Waals surface area contributed by atoms with Gasteiger partial charge >= 0.3 is 6.18 Å². The van der Waals surface area contributed by atoms with E-state index >= 15 is 0 Å². The van der Waals surface area contributed by atoms with Gasteiger partial charge in [-0.15, -0.1) is 0 Å². The lowest BCUT2D eigenvalue weighted by molar-refractivity contribution is -0.137. The molecule has 1 aromatic heterocycles. The Labute approximate surface area is 193 Å². The second-order valence-corrected chi connectivity index (χ2v) is 7.85. The molecule has 2 aliphatic heterocycles. The molecule has 2 aromatic carbocycles. The number of nitrogens with zero attached hydrogens (tertiary/aromatic N) is 4. The van der Waals surface area contributed by atoms with E-state index < -0.39 is 29.1 Å². The molecule has 172 valence electrons. The molecule has 0 bridgehead atoms. The Bertz CT molecular complexity index is 1460. The Kier molecular flexibility index (Phi) is 5.32. The first-order valence-electron chi connectivity index (χ1n) is 9.79. The summed E-state index contributed by atoms with van der Waals surface area (Å²) in [6.07, 6.45) is -2.59. The SMILES string of the molecule is Fc1cccc(-c2nc3cn(Cc4cc(-c5ccc(Cl)cc5)no4)cc(C(F)(F)F)c-3n2)c1F. The molecule has 5 nitrogen and oxygen atoms in total. The van der Waals surface area contributed by atoms with Crippen LogP contribution in [-0.2, 0) is 12.7 Å². The highest BCUT2D eigenvalue weighted by molar-refractivity contribution is 6.30. The van der Waals surface area contributed by atoms with E-state index in [-0.39, 0.29) is 23.6 Å². The monoisotopic (exact) mass is 490 g/mol. The molecule has 34 heavy (non-hydrogen) atoms. The van der Waals surface area contributed by atoms with Crippen LogP contribution in [0, 0.1) is 11.6 Å². The zero-order valence-electron chi connectivity index (χ0n) is 16.9. The van der Waals surface area contributed by atoms with E-state index in [1.807, 2.05) is 0 Å². The van der Waals surface area contributed by atoms with Crippen LogP contribution in [0.5, 0.6) is 0 Å². The number of alkyl halides is 3. The summed E-state index contributed by atoms with van der Waals surface area (Å²) < 4.78 is 75.6. The van der Waals surface area contributed by atoms with Crippen LogP contribution >= 0.6 is 11.6 Å². The van der Waals surface area contributed by atoms with E-state index in [1.54, 1.807) is 30.3 Å². The molecule has 0 aliphatic carbocycles. The smallest absolute Gasteiger partial charge is 0.359 e. The number of hydrogen-bond acceptors (Lipinski definition) is 4. The molecule has 0 unspecified atom stereocenters. The standard InChI is InChI=1S/C23H12ClF5N4O/c24-13-6-4-12(5-7-13)18-8-14(34-32-18)9-33-10-16(23(27,28)29)21-19(11-33)30-22(31-21)15-2-1-3-17(25)20(15)26/h1-8,10-11H,9H2. The molecule has 0 fully saturated rings. The maximum Gasteiger partial charge on any atom is 0.419 e. The van der Waals surface area contributed by atoms with Gasteiger partial charge in [0.1, 0.15) is 17.1 Å². The number of pyridine rings is 1. The van der Waals surface area contributed by atoms with Gasteiger partial charge in [0.2, 0.25) is 0 Å². The molecule has 0 spiro atoms. The third-order valence-electron chi connectivity index (χ3n) is 5.06. The van der Waals surface area contributed by atoms with E-state index in [0.29, 0.717) is 16.5 Å². The Morgan fingerprint density at radius 2 is 1.71 bits per heavy atom. The topological polar surface area (TPSA) is 56.7 Å². The fourth-order valence-corrected chi connectivity index (χ4v) is 3.61. The number of halogens is 6. The van der Waals surface area contributed by atoms with E-state index in [0.717, 1.165) is 17.8 Å². The molecule has 2 aliphatic rings. The van der Waals surface area contributed by atoms with Crippen molar-refractivity contribution in [2.24, 2.45) is 0 Å². The highest BCUT2D eigenvalue weighted by atomic mass is 35.5. The molecule has 0 atom stereocenters. The molecule has 5 rings (SSSR count). The predicted molar refractivity (Wildman–Crippen MR) is 113 cm³/mol. The van der Waals surface area contributed by atoms with Gasteiger partial charge in [0.05, 0.1) is 17.7 Å². The molecule has 0 saturated heterocycles. The number of rotatable bonds is 4. The van der Waals surface area contributed by atoms with Crippen molar-refractivity contribution in [3.63, 3.8) is 0 Å². The van der Waals surface area contributed by atoms with Gasteiger partial charge in [0.25, 0.3) is 0 Å². The summed E-state index contributed by atoms with van der Waals surface area (Å²) in [6, 6.07) is 11.7. The van der Waals surface area contributed by atoms with E-state index in [4.69, 9.17) is 16.1 Å². The summed E-state index contributed by atoms with van der Waals surface area (Å²) >= 11 is 5.88. The van der Waals surface area contributed by atoms with Crippen LogP contribution < -0.4 is 0 Å². The van der Waals surface area contributed by atoms with Gasteiger partial charge in [-0.2, -0.15) is 13.2 Å². The highest BCUT2D eigenvalue weighted by Crippen LogP contribution is 2.38. The average molecular weight is 491 g/mol. The lowest BCUT2D eigenvalue weighted by atomic mass is 10.1. The molecule has 3 heterocycles. The second-order valence-electron chi connectivity index (χ2n) is 7.41. The Balaban J connectivity index is 1.54. The second kappa shape index (κ2) is 8.21. The minimum atomic E-state index is -4.77. The first kappa shape index (κ1) is 22.0. The summed E-state index contributed by atoms with van der Waals surface area (Å²) in [7, 11) is 0. The first-order valence-corrected chi connectivity index (χ1v) is 10.2. The summed E-state index contributed by atoms with van der Waals surface area (Å²) in [5.74, 6) is -2.45. The van der Waals surface area contributed by atoms with Gasteiger partial charge in [0.15, 0.2) is 23.2 Å². The molecular weight excluding hydrogens is 479 g/mol. The zero-order chi connectivity index (χ0) is 24.0. The van der Waals surface area contributed by atoms with Crippen LogP contribution in [0.4, 0.5) is 22.0 Å². The van der Waals surface area contributed by atoms with Crippen molar-refractivity contribution in [1.82, 2.24) is 19.7 Å². The Hall–Kier alpha value is -3.79. The maximum atomic E-state index is 14.2. The third kappa shape index (κ3) is 4.12. The molecule has 0 radical (unpaired) electrons. The molecule has 0 saturated carbocycles. The zero-order valence-corrected chi connectivity index (χ0v) is 17.7. The Morgan fingerprint density at radius 1 is 0.941 bits per heavy atom. The van der Waals surface area contributed by atoms with Crippen molar-refractivity contribution >= 4 is 11.6 Å². The molecule has 0 amide bonds. The largest absolute Gasteiger partial charge is 0.419 e. The van der Waals surface area contributed by atoms with Crippen molar-refractivity contribution in [3.8, 4) is 34.0 Å². The van der Waals surface area contributed by atoms with Crippen LogP contribution in [0.15, 0.2) is 65.4 Å². The fourth-order valence-electron chi connectivity index (χ4n) is 3.48. The molecule has 0 N–H and O–H groups in total. The minimum Gasteiger partial charge on any atom is -0.359 e. The number of hydrogen-bond donors (Lipinski definition) is 0. The van der Waals surface area contributed by atoms with Crippen LogP contribution in [0.1, 0.15) is 11.3 Å². The number of fused-ring (bicyclic) bond motifs is 1. The van der Waals surface area contributed by atoms with Crippen molar-refractivity contribution in [2.45, 2.75) is 12.7 Å². The summed E-state index contributed by atoms with van der Waals surface area (Å²) in [5.41, 5.74) is -0.801. The van der Waals surface area contributed by atoms with Gasteiger partial charge in [-0.25, -0.2) is 18.7 Å². The van der Waals surface area contributed by atoms with Gasteiger partial charge < -0.3 is 9.09 Å². The quantitative estimate of drug-likeness (QED) is 0.263. The molecule has 3 aromatic rings. The normalized spacial score (nSPS) is 11.9. The fraction of sp³-hybridized carbons (Fsp3) is 0.0870. The minimum absolute atomic E-state index is 0.0872. The highest BCUT2D eigenvalue weighted by Gasteiger charge is 2.37. The lowest BCUT2D eigenvalue weighted by Crippen LogP contribution is -2.12. The van der Waals surface area contributed by atoms with Crippen molar-refractivity contribution in [1.29, 1.82) is 0 Å². The van der Waals surface area contributed by atoms with Gasteiger partial charge in [-0.1, -0.05) is 35.0 Å².